The van der Waals surface area contributed by atoms with Crippen LogP contribution in [0.25, 0.3) is 0 Å². The Labute approximate surface area is 154 Å². The van der Waals surface area contributed by atoms with Gasteiger partial charge in [-0.25, -0.2) is 4.39 Å². The highest BCUT2D eigenvalue weighted by Crippen LogP contribution is 2.27. The fourth-order valence-corrected chi connectivity index (χ4v) is 2.84. The minimum atomic E-state index is -0.951. The van der Waals surface area contributed by atoms with Gasteiger partial charge in [0, 0.05) is 11.3 Å². The largest absolute Gasteiger partial charge is 0.489 e. The number of hydrogen-bond acceptors (Lipinski definition) is 3. The van der Waals surface area contributed by atoms with E-state index in [-0.39, 0.29) is 5.17 Å². The number of rotatable bonds is 6. The normalized spacial score (nSPS) is 10.4. The number of ether oxygens (including phenoxy) is 2. The van der Waals surface area contributed by atoms with Crippen molar-refractivity contribution in [1.29, 1.82) is 0 Å². The SMILES string of the molecule is CCc1cccc(NC(=S)OCF)c1COc1cc(C)c(C)cc1C. The van der Waals surface area contributed by atoms with E-state index < -0.39 is 6.86 Å². The van der Waals surface area contributed by atoms with Crippen LogP contribution in [0, 0.1) is 20.8 Å². The molecular weight excluding hydrogens is 337 g/mol. The van der Waals surface area contributed by atoms with Crippen LogP contribution in [-0.4, -0.2) is 12.0 Å². The van der Waals surface area contributed by atoms with E-state index >= 15 is 0 Å². The van der Waals surface area contributed by atoms with Crippen molar-refractivity contribution in [2.45, 2.75) is 40.7 Å². The highest BCUT2D eigenvalue weighted by Gasteiger charge is 2.11. The minimum absolute atomic E-state index is 0.0133. The molecule has 0 atom stereocenters. The summed E-state index contributed by atoms with van der Waals surface area (Å²) >= 11 is 4.99. The van der Waals surface area contributed by atoms with Gasteiger partial charge in [-0.3, -0.25) is 0 Å². The van der Waals surface area contributed by atoms with Gasteiger partial charge in [0.1, 0.15) is 12.4 Å². The Hall–Kier alpha value is -2.14. The molecule has 2 aromatic carbocycles. The number of alkyl halides is 1. The van der Waals surface area contributed by atoms with Gasteiger partial charge in [-0.15, -0.1) is 0 Å². The molecule has 25 heavy (non-hydrogen) atoms. The summed E-state index contributed by atoms with van der Waals surface area (Å²) in [4.78, 5) is 0. The van der Waals surface area contributed by atoms with E-state index in [1.54, 1.807) is 0 Å². The molecule has 0 radical (unpaired) electrons. The molecule has 0 unspecified atom stereocenters. The smallest absolute Gasteiger partial charge is 0.263 e. The van der Waals surface area contributed by atoms with Crippen LogP contribution in [0.4, 0.5) is 10.1 Å². The molecule has 3 nitrogen and oxygen atoms in total. The van der Waals surface area contributed by atoms with Crippen LogP contribution >= 0.6 is 12.2 Å². The van der Waals surface area contributed by atoms with Gasteiger partial charge >= 0.3 is 0 Å². The van der Waals surface area contributed by atoms with Gasteiger partial charge in [0.25, 0.3) is 5.17 Å². The summed E-state index contributed by atoms with van der Waals surface area (Å²) in [7, 11) is 0. The average Bonchev–Trinajstić information content (AvgIpc) is 2.57. The summed E-state index contributed by atoms with van der Waals surface area (Å²) in [5.74, 6) is 0.863. The van der Waals surface area contributed by atoms with Crippen molar-refractivity contribution in [3.63, 3.8) is 0 Å². The molecule has 0 spiro atoms. The van der Waals surface area contributed by atoms with E-state index in [1.807, 2.05) is 19.1 Å². The van der Waals surface area contributed by atoms with Crippen molar-refractivity contribution in [2.75, 3.05) is 12.2 Å². The van der Waals surface area contributed by atoms with Crippen LogP contribution in [0.1, 0.15) is 34.7 Å². The molecule has 134 valence electrons. The van der Waals surface area contributed by atoms with Crippen LogP contribution in [0.3, 0.4) is 0 Å². The average molecular weight is 361 g/mol. The Morgan fingerprint density at radius 3 is 2.52 bits per heavy atom. The molecule has 0 aromatic heterocycles. The van der Waals surface area contributed by atoms with Gasteiger partial charge in [-0.1, -0.05) is 25.1 Å². The molecule has 0 heterocycles. The number of anilines is 1. The first-order valence-electron chi connectivity index (χ1n) is 8.27. The number of halogens is 1. The van der Waals surface area contributed by atoms with Gasteiger partial charge in [0.15, 0.2) is 0 Å². The first-order chi connectivity index (χ1) is 12.0. The predicted octanol–water partition coefficient (Wildman–Crippen LogP) is 5.39. The lowest BCUT2D eigenvalue weighted by Gasteiger charge is -2.18. The summed E-state index contributed by atoms with van der Waals surface area (Å²) in [6.45, 7) is 7.73. The molecular formula is C20H24FNO2S. The minimum Gasteiger partial charge on any atom is -0.489 e. The highest BCUT2D eigenvalue weighted by atomic mass is 32.1. The topological polar surface area (TPSA) is 30.5 Å². The van der Waals surface area contributed by atoms with Gasteiger partial charge in [0.2, 0.25) is 6.86 Å². The Morgan fingerprint density at radius 1 is 1.12 bits per heavy atom. The second-order valence-corrected chi connectivity index (χ2v) is 6.32. The molecule has 0 saturated carbocycles. The molecule has 0 saturated heterocycles. The molecule has 0 aliphatic rings. The van der Waals surface area contributed by atoms with Gasteiger partial charge in [-0.05, 0) is 73.8 Å². The monoisotopic (exact) mass is 361 g/mol. The lowest BCUT2D eigenvalue weighted by Crippen LogP contribution is -2.15. The molecule has 0 amide bonds. The molecule has 2 aromatic rings. The van der Waals surface area contributed by atoms with Crippen molar-refractivity contribution in [1.82, 2.24) is 0 Å². The number of hydrogen-bond donors (Lipinski definition) is 1. The van der Waals surface area contributed by atoms with Crippen molar-refractivity contribution in [3.05, 3.63) is 58.1 Å². The van der Waals surface area contributed by atoms with E-state index in [0.29, 0.717) is 6.61 Å². The van der Waals surface area contributed by atoms with E-state index in [9.17, 15) is 4.39 Å². The lowest BCUT2D eigenvalue weighted by atomic mass is 10.0. The van der Waals surface area contributed by atoms with Crippen molar-refractivity contribution >= 4 is 23.1 Å². The van der Waals surface area contributed by atoms with E-state index in [2.05, 4.69) is 44.3 Å². The summed E-state index contributed by atoms with van der Waals surface area (Å²) < 4.78 is 23.1. The van der Waals surface area contributed by atoms with E-state index in [0.717, 1.165) is 34.5 Å². The zero-order chi connectivity index (χ0) is 18.4. The van der Waals surface area contributed by atoms with Gasteiger partial charge in [-0.2, -0.15) is 0 Å². The summed E-state index contributed by atoms with van der Waals surface area (Å²) in [5.41, 5.74) is 6.46. The predicted molar refractivity (Wildman–Crippen MR) is 104 cm³/mol. The van der Waals surface area contributed by atoms with E-state index in [1.165, 1.54) is 11.1 Å². The molecule has 0 aliphatic heterocycles. The second-order valence-electron chi connectivity index (χ2n) is 5.95. The van der Waals surface area contributed by atoms with Crippen molar-refractivity contribution in [3.8, 4) is 5.75 Å². The van der Waals surface area contributed by atoms with Gasteiger partial charge < -0.3 is 14.8 Å². The number of nitrogens with one attached hydrogen (secondary N) is 1. The first-order valence-corrected chi connectivity index (χ1v) is 8.68. The second kappa shape index (κ2) is 8.81. The maximum Gasteiger partial charge on any atom is 0.263 e. The number of benzene rings is 2. The zero-order valence-electron chi connectivity index (χ0n) is 15.1. The molecule has 5 heteroatoms. The third-order valence-corrected chi connectivity index (χ3v) is 4.46. The molecule has 2 rings (SSSR count). The zero-order valence-corrected chi connectivity index (χ0v) is 15.9. The van der Waals surface area contributed by atoms with Crippen molar-refractivity contribution < 1.29 is 13.9 Å². The maximum absolute atomic E-state index is 12.3. The van der Waals surface area contributed by atoms with Crippen LogP contribution in [0.15, 0.2) is 30.3 Å². The maximum atomic E-state index is 12.3. The lowest BCUT2D eigenvalue weighted by molar-refractivity contribution is 0.184. The summed E-state index contributed by atoms with van der Waals surface area (Å²) in [6, 6.07) is 10.1. The Bertz CT molecular complexity index is 762. The molecule has 0 bridgehead atoms. The fourth-order valence-electron chi connectivity index (χ4n) is 2.69. The van der Waals surface area contributed by atoms with Crippen LogP contribution < -0.4 is 10.1 Å². The molecule has 0 aliphatic carbocycles. The summed E-state index contributed by atoms with van der Waals surface area (Å²) in [6.07, 6.45) is 0.858. The van der Waals surface area contributed by atoms with E-state index in [4.69, 9.17) is 21.7 Å². The fraction of sp³-hybridized carbons (Fsp3) is 0.350. The molecule has 1 N–H and O–H groups in total. The third kappa shape index (κ3) is 4.92. The standard InChI is InChI=1S/C20H24FNO2S/c1-5-16-7-6-8-18(22-20(25)24-12-21)17(16)11-23-19-10-14(3)13(2)9-15(19)4/h6-10H,5,11-12H2,1-4H3,(H,22,25). The Morgan fingerprint density at radius 2 is 1.84 bits per heavy atom. The Kier molecular flexibility index (Phi) is 6.76. The van der Waals surface area contributed by atoms with Crippen molar-refractivity contribution in [2.24, 2.45) is 0 Å². The highest BCUT2D eigenvalue weighted by molar-refractivity contribution is 7.80. The number of aryl methyl sites for hydroxylation is 4. The third-order valence-electron chi connectivity index (χ3n) is 4.24. The Balaban J connectivity index is 2.25. The molecule has 0 fully saturated rings. The number of thiocarbonyl (C=S) groups is 1. The van der Waals surface area contributed by atoms with Gasteiger partial charge in [0.05, 0.1) is 0 Å². The summed E-state index contributed by atoms with van der Waals surface area (Å²) in [5, 5.41) is 2.96. The quantitative estimate of drug-likeness (QED) is 0.699. The van der Waals surface area contributed by atoms with Crippen LogP contribution in [-0.2, 0) is 17.8 Å². The van der Waals surface area contributed by atoms with Crippen LogP contribution in [0.2, 0.25) is 0 Å². The first kappa shape index (κ1) is 19.2. The van der Waals surface area contributed by atoms with Crippen LogP contribution in [0.5, 0.6) is 5.75 Å².